The van der Waals surface area contributed by atoms with Crippen molar-refractivity contribution < 1.29 is 29.3 Å². The standard InChI is InChI=1S/C42H37N3O6S/c1-26-38(25-52-34-19-17-31(18-20-34)41(48)49)50-42(51-39(26)30-11-9-27(24-46)10-12-30)32-15-13-29(14-16-32)33-6-4-5-28(21-33)22-44-40(47)37-23-43-35-7-2-3-8-36(35)45-37/h2-21,23,26,38-39,42,46H,22,24-25H2,1H3,(H,44,47)(H,48,49)/t26-,38+,39+,42+/m1/s1. The Labute approximate surface area is 305 Å². The van der Waals surface area contributed by atoms with Crippen molar-refractivity contribution in [3.05, 3.63) is 161 Å². The van der Waals surface area contributed by atoms with E-state index in [1.165, 1.54) is 6.20 Å². The van der Waals surface area contributed by atoms with Gasteiger partial charge >= 0.3 is 5.97 Å². The van der Waals surface area contributed by atoms with Crippen LogP contribution in [0, 0.1) is 5.92 Å². The highest BCUT2D eigenvalue weighted by Gasteiger charge is 2.38. The van der Waals surface area contributed by atoms with Gasteiger partial charge in [-0.2, -0.15) is 0 Å². The fourth-order valence-corrected chi connectivity index (χ4v) is 7.28. The Morgan fingerprint density at radius 1 is 0.788 bits per heavy atom. The largest absolute Gasteiger partial charge is 0.478 e. The zero-order chi connectivity index (χ0) is 36.0. The van der Waals surface area contributed by atoms with Crippen molar-refractivity contribution in [3.8, 4) is 11.1 Å². The zero-order valence-corrected chi connectivity index (χ0v) is 29.2. The van der Waals surface area contributed by atoms with Gasteiger partial charge in [-0.25, -0.2) is 9.78 Å². The molecule has 10 heteroatoms. The van der Waals surface area contributed by atoms with Crippen molar-refractivity contribution in [1.29, 1.82) is 0 Å². The summed E-state index contributed by atoms with van der Waals surface area (Å²) in [5.41, 5.74) is 7.62. The minimum atomic E-state index is -0.952. The molecule has 1 fully saturated rings. The molecule has 1 aromatic heterocycles. The second kappa shape index (κ2) is 15.9. The van der Waals surface area contributed by atoms with Gasteiger partial charge in [0.05, 0.1) is 41.6 Å². The summed E-state index contributed by atoms with van der Waals surface area (Å²) in [4.78, 5) is 33.9. The van der Waals surface area contributed by atoms with Crippen LogP contribution in [0.15, 0.2) is 132 Å². The number of benzene rings is 5. The van der Waals surface area contributed by atoms with Gasteiger partial charge in [0.1, 0.15) is 5.69 Å². The third-order valence-electron chi connectivity index (χ3n) is 9.22. The quantitative estimate of drug-likeness (QED) is 0.114. The van der Waals surface area contributed by atoms with Gasteiger partial charge in [0.25, 0.3) is 5.91 Å². The van der Waals surface area contributed by atoms with Crippen LogP contribution in [0.3, 0.4) is 0 Å². The number of fused-ring (bicyclic) bond motifs is 1. The van der Waals surface area contributed by atoms with Gasteiger partial charge in [0, 0.05) is 28.7 Å². The molecule has 0 radical (unpaired) electrons. The van der Waals surface area contributed by atoms with Gasteiger partial charge < -0.3 is 25.0 Å². The first-order valence-electron chi connectivity index (χ1n) is 17.0. The van der Waals surface area contributed by atoms with E-state index in [1.54, 1.807) is 23.9 Å². The molecule has 5 aromatic carbocycles. The maximum Gasteiger partial charge on any atom is 0.335 e. The second-order valence-corrected chi connectivity index (χ2v) is 13.8. The Balaban J connectivity index is 1.05. The van der Waals surface area contributed by atoms with Crippen LogP contribution in [0.5, 0.6) is 0 Å². The lowest BCUT2D eigenvalue weighted by Gasteiger charge is -2.41. The van der Waals surface area contributed by atoms with E-state index in [2.05, 4.69) is 28.3 Å². The number of aromatic nitrogens is 2. The number of aliphatic hydroxyl groups is 1. The van der Waals surface area contributed by atoms with E-state index in [0.717, 1.165) is 43.8 Å². The molecule has 2 heterocycles. The minimum Gasteiger partial charge on any atom is -0.478 e. The molecule has 0 spiro atoms. The SMILES string of the molecule is C[C@@H]1[C@H](CSc2ccc(C(=O)O)cc2)O[C@H](c2ccc(-c3cccc(CNC(=O)c4cnc5ccccc5n4)c3)cc2)O[C@@H]1c1ccc(CO)cc1. The molecule has 3 N–H and O–H groups in total. The number of para-hydroxylation sites is 2. The first-order valence-corrected chi connectivity index (χ1v) is 18.0. The van der Waals surface area contributed by atoms with E-state index in [4.69, 9.17) is 9.47 Å². The highest BCUT2D eigenvalue weighted by molar-refractivity contribution is 7.99. The van der Waals surface area contributed by atoms with Crippen LogP contribution in [0.4, 0.5) is 0 Å². The first kappa shape index (κ1) is 35.0. The molecule has 1 aliphatic rings. The van der Waals surface area contributed by atoms with Gasteiger partial charge in [0.15, 0.2) is 6.29 Å². The fourth-order valence-electron chi connectivity index (χ4n) is 6.22. The van der Waals surface area contributed by atoms with Gasteiger partial charge in [-0.05, 0) is 70.3 Å². The lowest BCUT2D eigenvalue weighted by molar-refractivity contribution is -0.268. The number of carboxylic acid groups (broad SMARTS) is 1. The molecule has 1 amide bonds. The molecule has 52 heavy (non-hydrogen) atoms. The predicted molar refractivity (Wildman–Crippen MR) is 200 cm³/mol. The molecule has 1 saturated heterocycles. The number of nitrogens with one attached hydrogen (secondary N) is 1. The fraction of sp³-hybridized carbons (Fsp3) is 0.190. The minimum absolute atomic E-state index is 0.0119. The predicted octanol–water partition coefficient (Wildman–Crippen LogP) is 8.00. The van der Waals surface area contributed by atoms with E-state index >= 15 is 0 Å². The van der Waals surface area contributed by atoms with Crippen molar-refractivity contribution in [3.63, 3.8) is 0 Å². The molecule has 0 bridgehead atoms. The van der Waals surface area contributed by atoms with Crippen molar-refractivity contribution in [2.75, 3.05) is 5.75 Å². The number of hydrogen-bond donors (Lipinski definition) is 3. The highest BCUT2D eigenvalue weighted by atomic mass is 32.2. The van der Waals surface area contributed by atoms with E-state index in [-0.39, 0.29) is 41.9 Å². The van der Waals surface area contributed by atoms with Crippen molar-refractivity contribution in [2.45, 2.75) is 43.5 Å². The molecule has 262 valence electrons. The molecular weight excluding hydrogens is 675 g/mol. The maximum atomic E-state index is 12.9. The first-order chi connectivity index (χ1) is 25.3. The number of carbonyl (C=O) groups is 2. The third kappa shape index (κ3) is 8.06. The van der Waals surface area contributed by atoms with Crippen LogP contribution >= 0.6 is 11.8 Å². The normalized spacial score (nSPS) is 18.6. The van der Waals surface area contributed by atoms with Crippen LogP contribution in [0.2, 0.25) is 0 Å². The van der Waals surface area contributed by atoms with Crippen molar-refractivity contribution in [1.82, 2.24) is 15.3 Å². The smallest absolute Gasteiger partial charge is 0.335 e. The number of thioether (sulfide) groups is 1. The van der Waals surface area contributed by atoms with E-state index < -0.39 is 12.3 Å². The van der Waals surface area contributed by atoms with Crippen LogP contribution in [0.1, 0.15) is 62.4 Å². The molecule has 0 unspecified atom stereocenters. The molecule has 7 rings (SSSR count). The Kier molecular flexibility index (Phi) is 10.7. The topological polar surface area (TPSA) is 131 Å². The summed E-state index contributed by atoms with van der Waals surface area (Å²) in [6, 6.07) is 38.3. The summed E-state index contributed by atoms with van der Waals surface area (Å²) in [6.07, 6.45) is 0.456. The van der Waals surface area contributed by atoms with Gasteiger partial charge in [-0.3, -0.25) is 9.78 Å². The van der Waals surface area contributed by atoms with E-state index in [1.807, 2.05) is 103 Å². The second-order valence-electron chi connectivity index (χ2n) is 12.7. The van der Waals surface area contributed by atoms with Crippen LogP contribution < -0.4 is 5.32 Å². The summed E-state index contributed by atoms with van der Waals surface area (Å²) in [5.74, 6) is -0.581. The highest BCUT2D eigenvalue weighted by Crippen LogP contribution is 2.43. The number of rotatable bonds is 11. The van der Waals surface area contributed by atoms with Crippen molar-refractivity contribution >= 4 is 34.7 Å². The number of hydrogen-bond acceptors (Lipinski definition) is 8. The van der Waals surface area contributed by atoms with Gasteiger partial charge in [-0.15, -0.1) is 11.8 Å². The lowest BCUT2D eigenvalue weighted by atomic mass is 9.91. The Morgan fingerprint density at radius 3 is 2.25 bits per heavy atom. The number of carboxylic acids is 1. The molecule has 6 aromatic rings. The monoisotopic (exact) mass is 711 g/mol. The number of aromatic carboxylic acids is 1. The van der Waals surface area contributed by atoms with Crippen molar-refractivity contribution in [2.24, 2.45) is 5.92 Å². The molecule has 9 nitrogen and oxygen atoms in total. The van der Waals surface area contributed by atoms with Crippen LogP contribution in [-0.2, 0) is 22.6 Å². The van der Waals surface area contributed by atoms with E-state index in [9.17, 15) is 19.8 Å². The number of amides is 1. The Morgan fingerprint density at radius 2 is 1.52 bits per heavy atom. The van der Waals surface area contributed by atoms with E-state index in [0.29, 0.717) is 17.8 Å². The zero-order valence-electron chi connectivity index (χ0n) is 28.4. The summed E-state index contributed by atoms with van der Waals surface area (Å²) in [7, 11) is 0. The summed E-state index contributed by atoms with van der Waals surface area (Å²) in [5, 5.41) is 21.8. The third-order valence-corrected chi connectivity index (χ3v) is 10.3. The molecule has 0 saturated carbocycles. The number of carbonyl (C=O) groups excluding carboxylic acids is 1. The Bertz CT molecular complexity index is 2180. The van der Waals surface area contributed by atoms with Gasteiger partial charge in [0.2, 0.25) is 0 Å². The average Bonchev–Trinajstić information content (AvgIpc) is 3.19. The molecule has 0 aliphatic carbocycles. The molecular formula is C42H37N3O6S. The summed E-state index contributed by atoms with van der Waals surface area (Å²) < 4.78 is 13.3. The Hall–Kier alpha value is -5.39. The maximum absolute atomic E-state index is 12.9. The van der Waals surface area contributed by atoms with Gasteiger partial charge in [-0.1, -0.05) is 85.8 Å². The van der Waals surface area contributed by atoms with Crippen LogP contribution in [0.25, 0.3) is 22.2 Å². The molecule has 4 atom stereocenters. The average molecular weight is 712 g/mol. The number of nitrogens with zero attached hydrogens (tertiary/aromatic N) is 2. The number of ether oxygens (including phenoxy) is 2. The van der Waals surface area contributed by atoms with Crippen LogP contribution in [-0.4, -0.2) is 43.9 Å². The lowest BCUT2D eigenvalue weighted by Crippen LogP contribution is -2.38. The number of aliphatic hydroxyl groups excluding tert-OH is 1. The molecule has 1 aliphatic heterocycles. The summed E-state index contributed by atoms with van der Waals surface area (Å²) in [6.45, 7) is 2.43. The summed E-state index contributed by atoms with van der Waals surface area (Å²) >= 11 is 1.62.